The summed E-state index contributed by atoms with van der Waals surface area (Å²) < 4.78 is 39.2. The highest BCUT2D eigenvalue weighted by atomic mass is 35.5. The fraction of sp³-hybridized carbons (Fsp3) is 0.286. The van der Waals surface area contributed by atoms with E-state index in [9.17, 15) is 13.2 Å². The maximum atomic E-state index is 11.8. The first-order valence-electron chi connectivity index (χ1n) is 3.53. The van der Waals surface area contributed by atoms with Gasteiger partial charge in [-0.05, 0) is 12.1 Å². The second-order valence-electron chi connectivity index (χ2n) is 2.33. The molecule has 0 atom stereocenters. The highest BCUT2D eigenvalue weighted by Gasteiger charge is 2.32. The maximum Gasteiger partial charge on any atom is 0.573 e. The molecule has 1 rings (SSSR count). The Kier molecular flexibility index (Phi) is 3.17. The zero-order valence-electron chi connectivity index (χ0n) is 6.81. The van der Waals surface area contributed by atoms with Crippen LogP contribution >= 0.6 is 11.6 Å². The van der Waals surface area contributed by atoms with Crippen LogP contribution in [-0.2, 0) is 6.54 Å². The monoisotopic (exact) mass is 226 g/mol. The number of ether oxygens (including phenoxy) is 1. The first-order valence-corrected chi connectivity index (χ1v) is 3.91. The minimum atomic E-state index is -4.75. The molecule has 7 heteroatoms. The van der Waals surface area contributed by atoms with E-state index in [1.165, 1.54) is 6.07 Å². The molecular weight excluding hydrogens is 221 g/mol. The first kappa shape index (κ1) is 11.1. The summed E-state index contributed by atoms with van der Waals surface area (Å²) in [5.74, 6) is -0.426. The van der Waals surface area contributed by atoms with Gasteiger partial charge in [-0.1, -0.05) is 11.6 Å². The number of nitrogens with zero attached hydrogens (tertiary/aromatic N) is 1. The van der Waals surface area contributed by atoms with Crippen LogP contribution in [0.15, 0.2) is 12.1 Å². The Bertz CT molecular complexity index is 329. The van der Waals surface area contributed by atoms with E-state index in [0.717, 1.165) is 6.07 Å². The van der Waals surface area contributed by atoms with Crippen molar-refractivity contribution in [2.75, 3.05) is 0 Å². The third-order valence-corrected chi connectivity index (χ3v) is 1.53. The van der Waals surface area contributed by atoms with Crippen molar-refractivity contribution in [3.63, 3.8) is 0 Å². The van der Waals surface area contributed by atoms with Gasteiger partial charge in [0.05, 0.1) is 5.69 Å². The molecule has 2 N–H and O–H groups in total. The lowest BCUT2D eigenvalue weighted by Crippen LogP contribution is -2.19. The molecular formula is C7H6ClF3N2O. The SMILES string of the molecule is NCc1nc(Cl)ccc1OC(F)(F)F. The van der Waals surface area contributed by atoms with Crippen molar-refractivity contribution in [3.05, 3.63) is 23.0 Å². The Morgan fingerprint density at radius 2 is 2.07 bits per heavy atom. The molecule has 0 spiro atoms. The number of hydrogen-bond donors (Lipinski definition) is 1. The van der Waals surface area contributed by atoms with E-state index in [-0.39, 0.29) is 17.4 Å². The van der Waals surface area contributed by atoms with Crippen LogP contribution in [0.25, 0.3) is 0 Å². The Balaban J connectivity index is 2.97. The van der Waals surface area contributed by atoms with Gasteiger partial charge in [0, 0.05) is 6.54 Å². The zero-order valence-corrected chi connectivity index (χ0v) is 7.56. The van der Waals surface area contributed by atoms with Gasteiger partial charge in [-0.25, -0.2) is 4.98 Å². The van der Waals surface area contributed by atoms with E-state index in [0.29, 0.717) is 0 Å². The molecule has 0 aliphatic carbocycles. The molecule has 0 fully saturated rings. The molecule has 0 bridgehead atoms. The van der Waals surface area contributed by atoms with Gasteiger partial charge < -0.3 is 10.5 Å². The second-order valence-corrected chi connectivity index (χ2v) is 2.72. The summed E-state index contributed by atoms with van der Waals surface area (Å²) in [6.45, 7) is -0.175. The molecule has 3 nitrogen and oxygen atoms in total. The van der Waals surface area contributed by atoms with Crippen molar-refractivity contribution in [1.29, 1.82) is 0 Å². The molecule has 1 aromatic heterocycles. The van der Waals surface area contributed by atoms with Crippen molar-refractivity contribution in [1.82, 2.24) is 4.98 Å². The molecule has 14 heavy (non-hydrogen) atoms. The Hall–Kier alpha value is -1.01. The lowest BCUT2D eigenvalue weighted by molar-refractivity contribution is -0.275. The van der Waals surface area contributed by atoms with Gasteiger partial charge in [-0.2, -0.15) is 0 Å². The van der Waals surface area contributed by atoms with E-state index in [1.807, 2.05) is 0 Å². The number of alkyl halides is 3. The smallest absolute Gasteiger partial charge is 0.404 e. The molecule has 0 radical (unpaired) electrons. The predicted octanol–water partition coefficient (Wildman–Crippen LogP) is 2.09. The normalized spacial score (nSPS) is 11.5. The van der Waals surface area contributed by atoms with Crippen LogP contribution < -0.4 is 10.5 Å². The van der Waals surface area contributed by atoms with Gasteiger partial charge in [0.1, 0.15) is 5.15 Å². The number of nitrogens with two attached hydrogens (primary N) is 1. The molecule has 1 aromatic rings. The van der Waals surface area contributed by atoms with Crippen LogP contribution in [0.2, 0.25) is 5.15 Å². The van der Waals surface area contributed by atoms with E-state index in [4.69, 9.17) is 17.3 Å². The minimum Gasteiger partial charge on any atom is -0.404 e. The average molecular weight is 227 g/mol. The fourth-order valence-electron chi connectivity index (χ4n) is 0.826. The van der Waals surface area contributed by atoms with Gasteiger partial charge in [0.15, 0.2) is 5.75 Å². The van der Waals surface area contributed by atoms with Crippen LogP contribution in [0, 0.1) is 0 Å². The molecule has 0 unspecified atom stereocenters. The summed E-state index contributed by atoms with van der Waals surface area (Å²) in [6, 6.07) is 2.27. The Morgan fingerprint density at radius 3 is 2.57 bits per heavy atom. The fourth-order valence-corrected chi connectivity index (χ4v) is 0.991. The van der Waals surface area contributed by atoms with Gasteiger partial charge in [-0.3, -0.25) is 0 Å². The molecule has 0 amide bonds. The highest BCUT2D eigenvalue weighted by Crippen LogP contribution is 2.26. The first-order chi connectivity index (χ1) is 6.42. The largest absolute Gasteiger partial charge is 0.573 e. The number of aromatic nitrogens is 1. The van der Waals surface area contributed by atoms with E-state index in [1.54, 1.807) is 0 Å². The van der Waals surface area contributed by atoms with Gasteiger partial charge >= 0.3 is 6.36 Å². The summed E-state index contributed by atoms with van der Waals surface area (Å²) in [7, 11) is 0. The van der Waals surface area contributed by atoms with E-state index in [2.05, 4.69) is 9.72 Å². The topological polar surface area (TPSA) is 48.1 Å². The molecule has 0 aliphatic rings. The summed E-state index contributed by atoms with van der Waals surface area (Å²) in [4.78, 5) is 3.59. The third-order valence-electron chi connectivity index (χ3n) is 1.32. The molecule has 0 aromatic carbocycles. The van der Waals surface area contributed by atoms with Crippen molar-refractivity contribution in [2.45, 2.75) is 12.9 Å². The van der Waals surface area contributed by atoms with Crippen LogP contribution in [0.1, 0.15) is 5.69 Å². The second kappa shape index (κ2) is 4.02. The summed E-state index contributed by atoms with van der Waals surface area (Å²) in [6.07, 6.45) is -4.75. The van der Waals surface area contributed by atoms with E-state index >= 15 is 0 Å². The van der Waals surface area contributed by atoms with Gasteiger partial charge in [0.25, 0.3) is 0 Å². The van der Waals surface area contributed by atoms with E-state index < -0.39 is 12.1 Å². The predicted molar refractivity (Wildman–Crippen MR) is 43.8 cm³/mol. The lowest BCUT2D eigenvalue weighted by Gasteiger charge is -2.11. The number of rotatable bonds is 2. The van der Waals surface area contributed by atoms with Crippen LogP contribution in [-0.4, -0.2) is 11.3 Å². The van der Waals surface area contributed by atoms with Crippen LogP contribution in [0.4, 0.5) is 13.2 Å². The molecule has 1 heterocycles. The average Bonchev–Trinajstić information content (AvgIpc) is 2.06. The minimum absolute atomic E-state index is 0.0326. The molecule has 0 aliphatic heterocycles. The third kappa shape index (κ3) is 3.04. The maximum absolute atomic E-state index is 11.8. The van der Waals surface area contributed by atoms with Crippen LogP contribution in [0.3, 0.4) is 0 Å². The van der Waals surface area contributed by atoms with Crippen molar-refractivity contribution in [3.8, 4) is 5.75 Å². The Labute approximate surface area is 82.6 Å². The molecule has 0 saturated heterocycles. The highest BCUT2D eigenvalue weighted by molar-refractivity contribution is 6.29. The summed E-state index contributed by atoms with van der Waals surface area (Å²) in [5.41, 5.74) is 5.14. The summed E-state index contributed by atoms with van der Waals surface area (Å²) >= 11 is 5.46. The van der Waals surface area contributed by atoms with Crippen molar-refractivity contribution < 1.29 is 17.9 Å². The zero-order chi connectivity index (χ0) is 10.8. The lowest BCUT2D eigenvalue weighted by atomic mass is 10.3. The molecule has 78 valence electrons. The Morgan fingerprint density at radius 1 is 1.43 bits per heavy atom. The summed E-state index contributed by atoms with van der Waals surface area (Å²) in [5, 5.41) is 0.0694. The standard InChI is InChI=1S/C7H6ClF3N2O/c8-6-2-1-5(4(3-12)13-6)14-7(9,10)11/h1-2H,3,12H2. The quantitative estimate of drug-likeness (QED) is 0.786. The van der Waals surface area contributed by atoms with Crippen molar-refractivity contribution >= 4 is 11.6 Å². The van der Waals surface area contributed by atoms with Crippen LogP contribution in [0.5, 0.6) is 5.75 Å². The van der Waals surface area contributed by atoms with Gasteiger partial charge in [-0.15, -0.1) is 13.2 Å². The van der Waals surface area contributed by atoms with Gasteiger partial charge in [0.2, 0.25) is 0 Å². The number of halogens is 4. The van der Waals surface area contributed by atoms with Crippen molar-refractivity contribution in [2.24, 2.45) is 5.73 Å². The number of hydrogen-bond acceptors (Lipinski definition) is 3. The number of pyridine rings is 1. The molecule has 0 saturated carbocycles.